The van der Waals surface area contributed by atoms with Crippen molar-refractivity contribution in [1.29, 1.82) is 0 Å². The average Bonchev–Trinajstić information content (AvgIpc) is 2.63. The van der Waals surface area contributed by atoms with Gasteiger partial charge in [-0.15, -0.1) is 24.0 Å². The molecule has 5 nitrogen and oxygen atoms in total. The van der Waals surface area contributed by atoms with E-state index in [-0.39, 0.29) is 24.0 Å². The fraction of sp³-hybridized carbons (Fsp3) is 0.667. The summed E-state index contributed by atoms with van der Waals surface area (Å²) >= 11 is 0. The van der Waals surface area contributed by atoms with E-state index in [1.54, 1.807) is 0 Å². The Labute approximate surface area is 182 Å². The van der Waals surface area contributed by atoms with Gasteiger partial charge in [-0.1, -0.05) is 44.2 Å². The molecule has 0 aromatic heterocycles. The van der Waals surface area contributed by atoms with E-state index in [1.807, 2.05) is 18.2 Å². The number of hydrogen-bond acceptors (Lipinski definition) is 3. The first-order chi connectivity index (χ1) is 12.7. The molecule has 1 heterocycles. The van der Waals surface area contributed by atoms with E-state index in [1.165, 1.54) is 38.0 Å². The van der Waals surface area contributed by atoms with E-state index in [0.717, 1.165) is 18.4 Å². The Morgan fingerprint density at radius 2 is 1.93 bits per heavy atom. The van der Waals surface area contributed by atoms with Crippen LogP contribution in [0, 0.1) is 5.92 Å². The Bertz CT molecular complexity index is 516. The molecule has 1 aliphatic heterocycles. The van der Waals surface area contributed by atoms with Crippen molar-refractivity contribution in [2.24, 2.45) is 10.9 Å². The van der Waals surface area contributed by atoms with Crippen molar-refractivity contribution < 1.29 is 4.74 Å². The summed E-state index contributed by atoms with van der Waals surface area (Å²) in [4.78, 5) is 7.24. The fourth-order valence-corrected chi connectivity index (χ4v) is 3.28. The maximum absolute atomic E-state index is 5.72. The SMILES string of the molecule is CCNC(=NCCOCc1ccccc1)NC1CCN(CC(C)C)CC1.I. The number of halogens is 1. The number of nitrogens with one attached hydrogen (secondary N) is 2. The van der Waals surface area contributed by atoms with Gasteiger partial charge in [-0.05, 0) is 31.2 Å². The van der Waals surface area contributed by atoms with E-state index < -0.39 is 0 Å². The second kappa shape index (κ2) is 14.2. The van der Waals surface area contributed by atoms with Crippen LogP contribution < -0.4 is 10.6 Å². The molecule has 2 N–H and O–H groups in total. The van der Waals surface area contributed by atoms with Crippen LogP contribution in [0.25, 0.3) is 0 Å². The van der Waals surface area contributed by atoms with Crippen molar-refractivity contribution in [1.82, 2.24) is 15.5 Å². The molecule has 6 heteroatoms. The molecule has 154 valence electrons. The van der Waals surface area contributed by atoms with E-state index in [2.05, 4.69) is 53.4 Å². The zero-order chi connectivity index (χ0) is 18.6. The molecule has 0 aliphatic carbocycles. The number of likely N-dealkylation sites (tertiary alicyclic amines) is 1. The summed E-state index contributed by atoms with van der Waals surface area (Å²) in [6.07, 6.45) is 2.36. The number of benzene rings is 1. The van der Waals surface area contributed by atoms with Crippen LogP contribution in [-0.4, -0.2) is 56.2 Å². The predicted octanol–water partition coefficient (Wildman–Crippen LogP) is 3.50. The molecule has 0 bridgehead atoms. The molecule has 0 unspecified atom stereocenters. The summed E-state index contributed by atoms with van der Waals surface area (Å²) in [5.41, 5.74) is 1.20. The summed E-state index contributed by atoms with van der Waals surface area (Å²) in [6.45, 7) is 13.1. The minimum Gasteiger partial charge on any atom is -0.375 e. The van der Waals surface area contributed by atoms with Crippen LogP contribution in [-0.2, 0) is 11.3 Å². The lowest BCUT2D eigenvalue weighted by molar-refractivity contribution is 0.128. The molecule has 1 fully saturated rings. The molecule has 0 amide bonds. The van der Waals surface area contributed by atoms with Crippen molar-refractivity contribution in [2.45, 2.75) is 46.3 Å². The molecule has 0 saturated carbocycles. The zero-order valence-corrected chi connectivity index (χ0v) is 19.4. The summed E-state index contributed by atoms with van der Waals surface area (Å²) in [7, 11) is 0. The van der Waals surface area contributed by atoms with Crippen molar-refractivity contribution in [3.05, 3.63) is 35.9 Å². The van der Waals surface area contributed by atoms with Gasteiger partial charge in [0, 0.05) is 32.2 Å². The van der Waals surface area contributed by atoms with Gasteiger partial charge in [-0.2, -0.15) is 0 Å². The van der Waals surface area contributed by atoms with Crippen LogP contribution in [0.4, 0.5) is 0 Å². The first-order valence-corrected chi connectivity index (χ1v) is 10.1. The normalized spacial score (nSPS) is 16.2. The van der Waals surface area contributed by atoms with Crippen LogP contribution in [0.5, 0.6) is 0 Å². The van der Waals surface area contributed by atoms with Gasteiger partial charge < -0.3 is 20.3 Å². The van der Waals surface area contributed by atoms with E-state index >= 15 is 0 Å². The Kier molecular flexibility index (Phi) is 12.7. The third-order valence-electron chi connectivity index (χ3n) is 4.51. The van der Waals surface area contributed by atoms with Crippen molar-refractivity contribution >= 4 is 29.9 Å². The van der Waals surface area contributed by atoms with Gasteiger partial charge >= 0.3 is 0 Å². The number of aliphatic imine (C=N–C) groups is 1. The van der Waals surface area contributed by atoms with E-state index in [4.69, 9.17) is 4.74 Å². The second-order valence-corrected chi connectivity index (χ2v) is 7.41. The van der Waals surface area contributed by atoms with Crippen molar-refractivity contribution in [3.8, 4) is 0 Å². The van der Waals surface area contributed by atoms with Crippen LogP contribution >= 0.6 is 24.0 Å². The number of ether oxygens (including phenoxy) is 1. The number of piperidine rings is 1. The quantitative estimate of drug-likeness (QED) is 0.242. The third-order valence-corrected chi connectivity index (χ3v) is 4.51. The lowest BCUT2D eigenvalue weighted by atomic mass is 10.0. The van der Waals surface area contributed by atoms with Gasteiger partial charge in [0.05, 0.1) is 19.8 Å². The Morgan fingerprint density at radius 3 is 2.56 bits per heavy atom. The lowest BCUT2D eigenvalue weighted by Crippen LogP contribution is -2.49. The highest BCUT2D eigenvalue weighted by atomic mass is 127. The predicted molar refractivity (Wildman–Crippen MR) is 125 cm³/mol. The highest BCUT2D eigenvalue weighted by Crippen LogP contribution is 2.12. The molecule has 1 aromatic carbocycles. The van der Waals surface area contributed by atoms with Gasteiger partial charge in [0.2, 0.25) is 0 Å². The van der Waals surface area contributed by atoms with Gasteiger partial charge in [0.25, 0.3) is 0 Å². The van der Waals surface area contributed by atoms with Gasteiger partial charge in [-0.25, -0.2) is 0 Å². The van der Waals surface area contributed by atoms with Gasteiger partial charge in [-0.3, -0.25) is 4.99 Å². The van der Waals surface area contributed by atoms with Crippen molar-refractivity contribution in [2.75, 3.05) is 39.3 Å². The van der Waals surface area contributed by atoms with Crippen LogP contribution in [0.2, 0.25) is 0 Å². The molecule has 2 rings (SSSR count). The van der Waals surface area contributed by atoms with E-state index in [0.29, 0.717) is 25.8 Å². The van der Waals surface area contributed by atoms with Crippen LogP contribution in [0.1, 0.15) is 39.2 Å². The summed E-state index contributed by atoms with van der Waals surface area (Å²) in [5, 5.41) is 6.95. The van der Waals surface area contributed by atoms with Crippen LogP contribution in [0.15, 0.2) is 35.3 Å². The zero-order valence-electron chi connectivity index (χ0n) is 17.1. The maximum atomic E-state index is 5.72. The number of guanidine groups is 1. The Morgan fingerprint density at radius 1 is 1.22 bits per heavy atom. The molecule has 0 spiro atoms. The molecular weight excluding hydrogens is 451 g/mol. The molecular formula is C21H37IN4O. The highest BCUT2D eigenvalue weighted by Gasteiger charge is 2.20. The molecule has 1 saturated heterocycles. The largest absolute Gasteiger partial charge is 0.375 e. The second-order valence-electron chi connectivity index (χ2n) is 7.41. The van der Waals surface area contributed by atoms with Crippen LogP contribution in [0.3, 0.4) is 0 Å². The minimum absolute atomic E-state index is 0. The van der Waals surface area contributed by atoms with Gasteiger partial charge in [0.1, 0.15) is 0 Å². The summed E-state index contributed by atoms with van der Waals surface area (Å²) < 4.78 is 5.72. The molecule has 1 aromatic rings. The number of hydrogen-bond donors (Lipinski definition) is 2. The standard InChI is InChI=1S/C21H36N4O.HI/c1-4-22-21(23-12-15-26-17-19-8-6-5-7-9-19)24-20-10-13-25(14-11-20)16-18(2)3;/h5-9,18,20H,4,10-17H2,1-3H3,(H2,22,23,24);1H. The summed E-state index contributed by atoms with van der Waals surface area (Å²) in [6, 6.07) is 10.8. The molecule has 1 aliphatic rings. The van der Waals surface area contributed by atoms with Gasteiger partial charge in [0.15, 0.2) is 5.96 Å². The third kappa shape index (κ3) is 10.3. The number of nitrogens with zero attached hydrogens (tertiary/aromatic N) is 2. The topological polar surface area (TPSA) is 48.9 Å². The molecule has 0 radical (unpaired) electrons. The first kappa shape index (κ1) is 24.2. The lowest BCUT2D eigenvalue weighted by Gasteiger charge is -2.34. The fourth-order valence-electron chi connectivity index (χ4n) is 3.28. The Balaban J connectivity index is 0.00000364. The highest BCUT2D eigenvalue weighted by molar-refractivity contribution is 14.0. The average molecular weight is 488 g/mol. The number of rotatable bonds is 9. The molecule has 27 heavy (non-hydrogen) atoms. The smallest absolute Gasteiger partial charge is 0.191 e. The van der Waals surface area contributed by atoms with E-state index in [9.17, 15) is 0 Å². The summed E-state index contributed by atoms with van der Waals surface area (Å²) in [5.74, 6) is 1.66. The molecule has 0 atom stereocenters. The minimum atomic E-state index is 0. The monoisotopic (exact) mass is 488 g/mol. The maximum Gasteiger partial charge on any atom is 0.191 e. The van der Waals surface area contributed by atoms with Crippen molar-refractivity contribution in [3.63, 3.8) is 0 Å². The Hall–Kier alpha value is -0.860. The first-order valence-electron chi connectivity index (χ1n) is 10.1.